The zero-order valence-corrected chi connectivity index (χ0v) is 10.0. The quantitative estimate of drug-likeness (QED) is 0.768. The Morgan fingerprint density at radius 1 is 1.59 bits per heavy atom. The Morgan fingerprint density at radius 3 is 2.82 bits per heavy atom. The van der Waals surface area contributed by atoms with E-state index in [0.717, 1.165) is 0 Å². The molecule has 0 radical (unpaired) electrons. The molecule has 1 unspecified atom stereocenters. The molecule has 0 bridgehead atoms. The molecule has 1 rings (SSSR count). The largest absolute Gasteiger partial charge is 0.481 e. The number of nitrogens with one attached hydrogen (secondary N) is 1. The van der Waals surface area contributed by atoms with Crippen LogP contribution < -0.4 is 5.32 Å². The van der Waals surface area contributed by atoms with Gasteiger partial charge in [-0.3, -0.25) is 14.3 Å². The molecule has 1 aromatic rings. The number of carboxylic acids is 1. The van der Waals surface area contributed by atoms with Crippen LogP contribution in [-0.4, -0.2) is 32.8 Å². The van der Waals surface area contributed by atoms with Crippen LogP contribution in [0.2, 0.25) is 0 Å². The molecule has 0 aliphatic carbocycles. The minimum atomic E-state index is -0.810. The zero-order valence-electron chi connectivity index (χ0n) is 10.0. The summed E-state index contributed by atoms with van der Waals surface area (Å²) in [6, 6.07) is 1.59. The van der Waals surface area contributed by atoms with Gasteiger partial charge in [-0.25, -0.2) is 0 Å². The molecule has 1 atom stereocenters. The minimum absolute atomic E-state index is 0.0447. The van der Waals surface area contributed by atoms with Gasteiger partial charge in [0, 0.05) is 25.7 Å². The summed E-state index contributed by atoms with van der Waals surface area (Å²) in [7, 11) is 1.70. The zero-order chi connectivity index (χ0) is 12.8. The van der Waals surface area contributed by atoms with E-state index < -0.39 is 5.97 Å². The first-order valence-electron chi connectivity index (χ1n) is 5.51. The van der Waals surface area contributed by atoms with Crippen molar-refractivity contribution in [3.8, 4) is 0 Å². The fraction of sp³-hybridized carbons (Fsp3) is 0.545. The minimum Gasteiger partial charge on any atom is -0.481 e. The third-order valence-electron chi connectivity index (χ3n) is 2.46. The van der Waals surface area contributed by atoms with Crippen molar-refractivity contribution in [1.29, 1.82) is 0 Å². The maximum atomic E-state index is 11.7. The van der Waals surface area contributed by atoms with Crippen molar-refractivity contribution in [2.24, 2.45) is 7.05 Å². The van der Waals surface area contributed by atoms with Crippen LogP contribution >= 0.6 is 0 Å². The summed E-state index contributed by atoms with van der Waals surface area (Å²) in [5.41, 5.74) is 0.495. The molecule has 0 aromatic carbocycles. The number of nitrogens with zero attached hydrogens (tertiary/aromatic N) is 2. The van der Waals surface area contributed by atoms with Crippen LogP contribution in [0, 0.1) is 0 Å². The summed E-state index contributed by atoms with van der Waals surface area (Å²) in [5, 5.41) is 15.2. The molecule has 1 amide bonds. The highest BCUT2D eigenvalue weighted by Crippen LogP contribution is 2.03. The van der Waals surface area contributed by atoms with Crippen molar-refractivity contribution in [3.05, 3.63) is 18.0 Å². The van der Waals surface area contributed by atoms with E-state index in [1.165, 1.54) is 4.68 Å². The Bertz CT molecular complexity index is 400. The lowest BCUT2D eigenvalue weighted by molar-refractivity contribution is -0.137. The molecule has 0 aliphatic heterocycles. The maximum Gasteiger partial charge on any atom is 0.303 e. The molecule has 0 saturated heterocycles. The lowest BCUT2D eigenvalue weighted by atomic mass is 10.1. The molecule has 0 aliphatic rings. The number of carbonyl (C=O) groups is 2. The van der Waals surface area contributed by atoms with E-state index in [2.05, 4.69) is 10.4 Å². The second-order valence-corrected chi connectivity index (χ2v) is 4.00. The van der Waals surface area contributed by atoms with Crippen molar-refractivity contribution in [1.82, 2.24) is 15.1 Å². The first kappa shape index (κ1) is 13.2. The SMILES string of the molecule is CC(CCCC(=O)O)NC(=O)c1ccnn1C. The number of hydrogen-bond donors (Lipinski definition) is 2. The smallest absolute Gasteiger partial charge is 0.303 e. The second-order valence-electron chi connectivity index (χ2n) is 4.00. The number of carbonyl (C=O) groups excluding carboxylic acids is 1. The highest BCUT2D eigenvalue weighted by Gasteiger charge is 2.12. The van der Waals surface area contributed by atoms with Crippen LogP contribution in [0.5, 0.6) is 0 Å². The summed E-state index contributed by atoms with van der Waals surface area (Å²) >= 11 is 0. The fourth-order valence-electron chi connectivity index (χ4n) is 1.53. The van der Waals surface area contributed by atoms with Crippen LogP contribution in [0.3, 0.4) is 0 Å². The lowest BCUT2D eigenvalue weighted by Gasteiger charge is -2.13. The Morgan fingerprint density at radius 2 is 2.29 bits per heavy atom. The molecular weight excluding hydrogens is 222 g/mol. The summed E-state index contributed by atoms with van der Waals surface area (Å²) < 4.78 is 1.50. The van der Waals surface area contributed by atoms with Crippen LogP contribution in [0.25, 0.3) is 0 Å². The van der Waals surface area contributed by atoms with Crippen LogP contribution in [-0.2, 0) is 11.8 Å². The van der Waals surface area contributed by atoms with Crippen molar-refractivity contribution in [2.75, 3.05) is 0 Å². The average Bonchev–Trinajstić information content (AvgIpc) is 2.63. The van der Waals surface area contributed by atoms with Crippen molar-refractivity contribution in [2.45, 2.75) is 32.2 Å². The number of aryl methyl sites for hydroxylation is 1. The molecule has 6 nitrogen and oxygen atoms in total. The number of rotatable bonds is 6. The molecule has 0 fully saturated rings. The number of hydrogen-bond acceptors (Lipinski definition) is 3. The second kappa shape index (κ2) is 6.03. The average molecular weight is 239 g/mol. The predicted molar refractivity (Wildman–Crippen MR) is 61.6 cm³/mol. The van der Waals surface area contributed by atoms with Crippen molar-refractivity contribution >= 4 is 11.9 Å². The highest BCUT2D eigenvalue weighted by molar-refractivity contribution is 5.92. The van der Waals surface area contributed by atoms with Crippen LogP contribution in [0.4, 0.5) is 0 Å². The summed E-state index contributed by atoms with van der Waals surface area (Å²) in [6.07, 6.45) is 2.90. The highest BCUT2D eigenvalue weighted by atomic mass is 16.4. The summed E-state index contributed by atoms with van der Waals surface area (Å²) in [6.45, 7) is 1.86. The van der Waals surface area contributed by atoms with Gasteiger partial charge in [0.2, 0.25) is 0 Å². The molecule has 17 heavy (non-hydrogen) atoms. The topological polar surface area (TPSA) is 84.2 Å². The van der Waals surface area contributed by atoms with E-state index in [9.17, 15) is 9.59 Å². The molecule has 0 saturated carbocycles. The van der Waals surface area contributed by atoms with Gasteiger partial charge < -0.3 is 10.4 Å². The van der Waals surface area contributed by atoms with Gasteiger partial charge in [-0.2, -0.15) is 5.10 Å². The van der Waals surface area contributed by atoms with Gasteiger partial charge in [0.25, 0.3) is 5.91 Å². The van der Waals surface area contributed by atoms with Crippen molar-refractivity contribution < 1.29 is 14.7 Å². The van der Waals surface area contributed by atoms with E-state index in [1.807, 2.05) is 6.92 Å². The number of aliphatic carboxylic acids is 1. The Labute approximate surface area is 99.6 Å². The lowest BCUT2D eigenvalue weighted by Crippen LogP contribution is -2.33. The normalized spacial score (nSPS) is 12.1. The number of aromatic nitrogens is 2. The number of amides is 1. The third-order valence-corrected chi connectivity index (χ3v) is 2.46. The molecule has 94 valence electrons. The molecule has 0 spiro atoms. The van der Waals surface area contributed by atoms with E-state index >= 15 is 0 Å². The first-order chi connectivity index (χ1) is 8.00. The predicted octanol–water partition coefficient (Wildman–Crippen LogP) is 0.793. The summed E-state index contributed by atoms with van der Waals surface area (Å²) in [4.78, 5) is 22.1. The van der Waals surface area contributed by atoms with Gasteiger partial charge in [-0.05, 0) is 25.8 Å². The van der Waals surface area contributed by atoms with Crippen molar-refractivity contribution in [3.63, 3.8) is 0 Å². The van der Waals surface area contributed by atoms with Gasteiger partial charge in [-0.15, -0.1) is 0 Å². The molecular formula is C11H17N3O3. The first-order valence-corrected chi connectivity index (χ1v) is 5.51. The molecule has 1 heterocycles. The monoisotopic (exact) mass is 239 g/mol. The Hall–Kier alpha value is -1.85. The Balaban J connectivity index is 2.36. The standard InChI is InChI=1S/C11H17N3O3/c1-8(4-3-5-10(15)16)13-11(17)9-6-7-12-14(9)2/h6-8H,3-5H2,1-2H3,(H,13,17)(H,15,16). The van der Waals surface area contributed by atoms with Gasteiger partial charge in [0.1, 0.15) is 5.69 Å². The van der Waals surface area contributed by atoms with Crippen LogP contribution in [0.1, 0.15) is 36.7 Å². The molecule has 1 aromatic heterocycles. The third kappa shape index (κ3) is 4.26. The molecule has 2 N–H and O–H groups in total. The van der Waals surface area contributed by atoms with Gasteiger partial charge in [-0.1, -0.05) is 0 Å². The van der Waals surface area contributed by atoms with E-state index in [1.54, 1.807) is 19.3 Å². The van der Waals surface area contributed by atoms with E-state index in [-0.39, 0.29) is 18.4 Å². The van der Waals surface area contributed by atoms with E-state index in [4.69, 9.17) is 5.11 Å². The summed E-state index contributed by atoms with van der Waals surface area (Å²) in [5.74, 6) is -0.997. The van der Waals surface area contributed by atoms with Crippen LogP contribution in [0.15, 0.2) is 12.3 Å². The molecule has 6 heteroatoms. The fourth-order valence-corrected chi connectivity index (χ4v) is 1.53. The van der Waals surface area contributed by atoms with Gasteiger partial charge in [0.05, 0.1) is 0 Å². The van der Waals surface area contributed by atoms with E-state index in [0.29, 0.717) is 18.5 Å². The Kier molecular flexibility index (Phi) is 4.68. The van der Waals surface area contributed by atoms with Gasteiger partial charge in [0.15, 0.2) is 0 Å². The number of carboxylic acid groups (broad SMARTS) is 1. The maximum absolute atomic E-state index is 11.7. The van der Waals surface area contributed by atoms with Gasteiger partial charge >= 0.3 is 5.97 Å².